The van der Waals surface area contributed by atoms with E-state index in [1.165, 1.54) is 11.1 Å². The molecule has 2 aliphatic heterocycles. The Hall–Kier alpha value is -1.68. The summed E-state index contributed by atoms with van der Waals surface area (Å²) >= 11 is 0. The van der Waals surface area contributed by atoms with Gasteiger partial charge in [0.05, 0.1) is 6.10 Å². The van der Waals surface area contributed by atoms with Crippen LogP contribution in [0, 0.1) is 0 Å². The zero-order valence-electron chi connectivity index (χ0n) is 13.7. The van der Waals surface area contributed by atoms with Crippen molar-refractivity contribution in [2.24, 2.45) is 0 Å². The van der Waals surface area contributed by atoms with E-state index >= 15 is 0 Å². The third kappa shape index (κ3) is 2.80. The van der Waals surface area contributed by atoms with Gasteiger partial charge in [-0.25, -0.2) is 0 Å². The van der Waals surface area contributed by atoms with Gasteiger partial charge in [0.1, 0.15) is 12.3 Å². The van der Waals surface area contributed by atoms with Crippen LogP contribution in [0.25, 0.3) is 0 Å². The summed E-state index contributed by atoms with van der Waals surface area (Å²) in [4.78, 5) is 6.26. The molecule has 2 aromatic rings. The summed E-state index contributed by atoms with van der Waals surface area (Å²) in [6.07, 6.45) is 2.01. The van der Waals surface area contributed by atoms with Gasteiger partial charge in [0.2, 0.25) is 0 Å². The zero-order valence-corrected chi connectivity index (χ0v) is 13.7. The molecule has 0 aliphatic carbocycles. The van der Waals surface area contributed by atoms with Crippen molar-refractivity contribution in [1.29, 1.82) is 0 Å². The Balaban J connectivity index is 1.57. The van der Waals surface area contributed by atoms with Gasteiger partial charge in [0.15, 0.2) is 0 Å². The topological polar surface area (TPSA) is 21.7 Å². The molecule has 4 rings (SSSR count). The average molecular weight is 309 g/mol. The Bertz CT molecular complexity index is 656. The van der Waals surface area contributed by atoms with Crippen LogP contribution in [0.3, 0.4) is 0 Å². The van der Waals surface area contributed by atoms with Crippen LogP contribution in [0.15, 0.2) is 60.7 Å². The van der Waals surface area contributed by atoms with E-state index in [1.807, 2.05) is 12.1 Å². The van der Waals surface area contributed by atoms with Gasteiger partial charge in [0.25, 0.3) is 0 Å². The van der Waals surface area contributed by atoms with Crippen molar-refractivity contribution in [3.05, 3.63) is 71.8 Å². The van der Waals surface area contributed by atoms with E-state index in [-0.39, 0.29) is 24.0 Å². The number of hydrogen-bond acceptors (Lipinski definition) is 3. The molecule has 2 aromatic carbocycles. The Kier molecular flexibility index (Phi) is 3.72. The van der Waals surface area contributed by atoms with Crippen molar-refractivity contribution in [3.63, 3.8) is 0 Å². The van der Waals surface area contributed by atoms with Crippen LogP contribution in [0.1, 0.15) is 50.0 Å². The number of hydrogen-bond donors (Lipinski definition) is 0. The summed E-state index contributed by atoms with van der Waals surface area (Å²) in [6.45, 7) is 4.48. The minimum Gasteiger partial charge on any atom is -0.353 e. The van der Waals surface area contributed by atoms with E-state index in [9.17, 15) is 0 Å². The van der Waals surface area contributed by atoms with Gasteiger partial charge in [-0.15, -0.1) is 0 Å². The number of benzene rings is 2. The first-order valence-corrected chi connectivity index (χ1v) is 8.35. The predicted molar refractivity (Wildman–Crippen MR) is 89.5 cm³/mol. The molecule has 3 atom stereocenters. The fourth-order valence-corrected chi connectivity index (χ4v) is 3.68. The lowest BCUT2D eigenvalue weighted by Crippen LogP contribution is -2.52. The highest BCUT2D eigenvalue weighted by Gasteiger charge is 2.49. The standard InChI is InChI=1S/C20H23NO2/c1-20(2)14-18(16-11-7-4-8-12-16)22-19-13-17(23-21(19)20)15-9-5-3-6-10-15/h3-12,17-19H,13-14H2,1-2H3/t17-,18-,19+/m0/s1. The highest BCUT2D eigenvalue weighted by atomic mass is 16.7. The lowest BCUT2D eigenvalue weighted by atomic mass is 9.90. The first-order chi connectivity index (χ1) is 11.1. The number of nitrogens with zero attached hydrogens (tertiary/aromatic N) is 1. The largest absolute Gasteiger partial charge is 0.353 e. The van der Waals surface area contributed by atoms with Crippen molar-refractivity contribution < 1.29 is 9.57 Å². The normalized spacial score (nSPS) is 30.1. The second-order valence-electron chi connectivity index (χ2n) is 7.07. The fourth-order valence-electron chi connectivity index (χ4n) is 3.68. The number of ether oxygens (including phenoxy) is 1. The SMILES string of the molecule is CC1(C)C[C@@H](c2ccccc2)O[C@@H]2C[C@@H](c3ccccc3)ON21. The Morgan fingerprint density at radius 2 is 1.43 bits per heavy atom. The van der Waals surface area contributed by atoms with Gasteiger partial charge in [-0.05, 0) is 31.4 Å². The summed E-state index contributed by atoms with van der Waals surface area (Å²) in [6, 6.07) is 20.9. The highest BCUT2D eigenvalue weighted by molar-refractivity contribution is 5.21. The molecular formula is C20H23NO2. The molecule has 0 radical (unpaired) electrons. The predicted octanol–water partition coefficient (Wildman–Crippen LogP) is 4.63. The lowest BCUT2D eigenvalue weighted by Gasteiger charge is -2.45. The van der Waals surface area contributed by atoms with Gasteiger partial charge >= 0.3 is 0 Å². The van der Waals surface area contributed by atoms with E-state index in [4.69, 9.17) is 9.57 Å². The molecule has 0 bridgehead atoms. The van der Waals surface area contributed by atoms with E-state index < -0.39 is 0 Å². The molecular weight excluding hydrogens is 286 g/mol. The van der Waals surface area contributed by atoms with Gasteiger partial charge in [-0.3, -0.25) is 4.84 Å². The maximum absolute atomic E-state index is 6.38. The van der Waals surface area contributed by atoms with Gasteiger partial charge in [0, 0.05) is 12.0 Å². The molecule has 0 unspecified atom stereocenters. The fraction of sp³-hybridized carbons (Fsp3) is 0.400. The van der Waals surface area contributed by atoms with E-state index in [2.05, 4.69) is 67.4 Å². The molecule has 120 valence electrons. The quantitative estimate of drug-likeness (QED) is 0.807. The van der Waals surface area contributed by atoms with Crippen molar-refractivity contribution in [3.8, 4) is 0 Å². The van der Waals surface area contributed by atoms with Crippen LogP contribution in [0.5, 0.6) is 0 Å². The molecule has 0 saturated carbocycles. The molecule has 0 amide bonds. The first kappa shape index (κ1) is 14.9. The molecule has 0 aromatic heterocycles. The van der Waals surface area contributed by atoms with Crippen LogP contribution in [0.2, 0.25) is 0 Å². The second kappa shape index (κ2) is 5.75. The van der Waals surface area contributed by atoms with E-state index in [0.29, 0.717) is 0 Å². The Morgan fingerprint density at radius 1 is 0.870 bits per heavy atom. The summed E-state index contributed by atoms with van der Waals surface area (Å²) in [5, 5.41) is 2.07. The molecule has 3 nitrogen and oxygen atoms in total. The summed E-state index contributed by atoms with van der Waals surface area (Å²) in [7, 11) is 0. The number of rotatable bonds is 2. The van der Waals surface area contributed by atoms with Crippen molar-refractivity contribution in [2.45, 2.75) is 50.7 Å². The highest BCUT2D eigenvalue weighted by Crippen LogP contribution is 2.46. The number of hydroxylamine groups is 2. The maximum Gasteiger partial charge on any atom is 0.137 e. The van der Waals surface area contributed by atoms with Crippen LogP contribution in [0.4, 0.5) is 0 Å². The van der Waals surface area contributed by atoms with Crippen molar-refractivity contribution in [2.75, 3.05) is 0 Å². The smallest absolute Gasteiger partial charge is 0.137 e. The number of fused-ring (bicyclic) bond motifs is 1. The van der Waals surface area contributed by atoms with Crippen LogP contribution in [-0.2, 0) is 9.57 Å². The van der Waals surface area contributed by atoms with Gasteiger partial charge < -0.3 is 4.74 Å². The Labute approximate surface area is 137 Å². The zero-order chi connectivity index (χ0) is 15.9. The molecule has 2 fully saturated rings. The third-order valence-corrected chi connectivity index (χ3v) is 4.86. The Morgan fingerprint density at radius 3 is 2.04 bits per heavy atom. The third-order valence-electron chi connectivity index (χ3n) is 4.86. The van der Waals surface area contributed by atoms with E-state index in [0.717, 1.165) is 12.8 Å². The molecule has 3 heteroatoms. The second-order valence-corrected chi connectivity index (χ2v) is 7.07. The van der Waals surface area contributed by atoms with Crippen molar-refractivity contribution >= 4 is 0 Å². The minimum absolute atomic E-state index is 0.00848. The molecule has 0 N–H and O–H groups in total. The summed E-state index contributed by atoms with van der Waals surface area (Å²) in [5.41, 5.74) is 2.42. The molecule has 2 heterocycles. The minimum atomic E-state index is -0.0487. The monoisotopic (exact) mass is 309 g/mol. The van der Waals surface area contributed by atoms with Gasteiger partial charge in [-0.1, -0.05) is 60.7 Å². The van der Waals surface area contributed by atoms with Gasteiger partial charge in [-0.2, -0.15) is 5.06 Å². The van der Waals surface area contributed by atoms with Crippen molar-refractivity contribution in [1.82, 2.24) is 5.06 Å². The first-order valence-electron chi connectivity index (χ1n) is 8.35. The molecule has 23 heavy (non-hydrogen) atoms. The summed E-state index contributed by atoms with van der Waals surface area (Å²) in [5.74, 6) is 0. The van der Waals surface area contributed by atoms with Crippen LogP contribution < -0.4 is 0 Å². The lowest BCUT2D eigenvalue weighted by molar-refractivity contribution is -0.305. The maximum atomic E-state index is 6.38. The van der Waals surface area contributed by atoms with Crippen LogP contribution in [-0.4, -0.2) is 16.8 Å². The average Bonchev–Trinajstić information content (AvgIpc) is 3.01. The molecule has 2 aliphatic rings. The summed E-state index contributed by atoms with van der Waals surface area (Å²) < 4.78 is 6.38. The van der Waals surface area contributed by atoms with Crippen LogP contribution >= 0.6 is 0 Å². The van der Waals surface area contributed by atoms with E-state index in [1.54, 1.807) is 0 Å². The molecule has 0 spiro atoms. The molecule has 2 saturated heterocycles.